The lowest BCUT2D eigenvalue weighted by atomic mass is 10.0. The summed E-state index contributed by atoms with van der Waals surface area (Å²) in [4.78, 5) is 29.2. The number of fused-ring (bicyclic) bond motifs is 1. The second kappa shape index (κ2) is 10.5. The number of ether oxygens (including phenoxy) is 3. The van der Waals surface area contributed by atoms with Crippen molar-refractivity contribution >= 4 is 34.2 Å². The van der Waals surface area contributed by atoms with Crippen molar-refractivity contribution in [2.75, 3.05) is 19.0 Å². The topological polar surface area (TPSA) is 86.8 Å². The molecule has 4 rings (SSSR count). The quantitative estimate of drug-likeness (QED) is 0.349. The first-order valence-electron chi connectivity index (χ1n) is 10.8. The van der Waals surface area contributed by atoms with Crippen LogP contribution in [0.15, 0.2) is 79.0 Å². The van der Waals surface area contributed by atoms with Gasteiger partial charge in [0.1, 0.15) is 17.9 Å². The molecule has 1 heterocycles. The van der Waals surface area contributed by atoms with Gasteiger partial charge in [-0.05, 0) is 42.8 Å². The fourth-order valence-corrected chi connectivity index (χ4v) is 3.52. The lowest BCUT2D eigenvalue weighted by Crippen LogP contribution is -2.10. The largest absolute Gasteiger partial charge is 0.489 e. The van der Waals surface area contributed by atoms with Crippen LogP contribution in [0.5, 0.6) is 5.75 Å². The van der Waals surface area contributed by atoms with Crippen molar-refractivity contribution in [2.45, 2.75) is 13.5 Å². The van der Waals surface area contributed by atoms with E-state index in [9.17, 15) is 9.59 Å². The van der Waals surface area contributed by atoms with Crippen LogP contribution >= 0.6 is 0 Å². The fraction of sp³-hybridized carbons (Fsp3) is 0.148. The molecule has 0 radical (unpaired) electrons. The van der Waals surface area contributed by atoms with Crippen LogP contribution in [0.3, 0.4) is 0 Å². The number of carbonyl (C=O) groups excluding carboxylic acids is 2. The molecule has 0 saturated carbocycles. The minimum absolute atomic E-state index is 0.228. The number of pyridine rings is 1. The van der Waals surface area contributed by atoms with Crippen LogP contribution in [0.2, 0.25) is 0 Å². The Labute approximate surface area is 197 Å². The molecule has 4 aromatic rings. The first kappa shape index (κ1) is 22.8. The summed E-state index contributed by atoms with van der Waals surface area (Å²) >= 11 is 0. The van der Waals surface area contributed by atoms with Gasteiger partial charge in [0.05, 0.1) is 30.5 Å². The third-order valence-corrected chi connectivity index (χ3v) is 5.17. The molecule has 7 heteroatoms. The Kier molecular flexibility index (Phi) is 7.03. The molecule has 0 atom stereocenters. The molecule has 0 aliphatic carbocycles. The molecule has 3 aromatic carbocycles. The highest BCUT2D eigenvalue weighted by Crippen LogP contribution is 2.32. The maximum Gasteiger partial charge on any atom is 0.341 e. The number of nitrogens with zero attached hydrogens (tertiary/aromatic N) is 1. The van der Waals surface area contributed by atoms with E-state index >= 15 is 0 Å². The van der Waals surface area contributed by atoms with E-state index in [0.717, 1.165) is 11.3 Å². The lowest BCUT2D eigenvalue weighted by molar-refractivity contribution is 0.0526. The van der Waals surface area contributed by atoms with Crippen LogP contribution in [0, 0.1) is 0 Å². The summed E-state index contributed by atoms with van der Waals surface area (Å²) in [6.45, 7) is 2.43. The van der Waals surface area contributed by atoms with E-state index in [1.807, 2.05) is 54.6 Å². The smallest absolute Gasteiger partial charge is 0.341 e. The summed E-state index contributed by atoms with van der Waals surface area (Å²) < 4.78 is 16.0. The monoisotopic (exact) mass is 456 g/mol. The van der Waals surface area contributed by atoms with Gasteiger partial charge < -0.3 is 19.5 Å². The highest BCUT2D eigenvalue weighted by Gasteiger charge is 2.20. The minimum Gasteiger partial charge on any atom is -0.489 e. The Hall–Kier alpha value is -4.39. The number of anilines is 2. The average Bonchev–Trinajstić information content (AvgIpc) is 2.88. The van der Waals surface area contributed by atoms with Crippen molar-refractivity contribution < 1.29 is 23.8 Å². The van der Waals surface area contributed by atoms with Crippen molar-refractivity contribution in [3.05, 3.63) is 95.7 Å². The van der Waals surface area contributed by atoms with E-state index < -0.39 is 11.9 Å². The normalized spacial score (nSPS) is 10.5. The van der Waals surface area contributed by atoms with Crippen LogP contribution in [0.4, 0.5) is 11.4 Å². The molecule has 0 saturated heterocycles. The average molecular weight is 456 g/mol. The van der Waals surface area contributed by atoms with E-state index in [0.29, 0.717) is 34.5 Å². The number of rotatable bonds is 8. The second-order valence-corrected chi connectivity index (χ2v) is 7.38. The van der Waals surface area contributed by atoms with Crippen molar-refractivity contribution in [3.63, 3.8) is 0 Å². The molecule has 0 spiro atoms. The highest BCUT2D eigenvalue weighted by molar-refractivity contribution is 6.11. The third kappa shape index (κ3) is 4.99. The molecule has 0 fully saturated rings. The first-order chi connectivity index (χ1) is 16.6. The lowest BCUT2D eigenvalue weighted by Gasteiger charge is -2.15. The van der Waals surface area contributed by atoms with Crippen molar-refractivity contribution in [2.24, 2.45) is 0 Å². The minimum atomic E-state index is -0.509. The number of nitrogens with one attached hydrogen (secondary N) is 1. The maximum atomic E-state index is 12.6. The molecule has 1 N–H and O–H groups in total. The van der Waals surface area contributed by atoms with Crippen molar-refractivity contribution in [1.29, 1.82) is 0 Å². The van der Waals surface area contributed by atoms with Crippen LogP contribution in [0.1, 0.15) is 33.2 Å². The Morgan fingerprint density at radius 2 is 1.65 bits per heavy atom. The Bertz CT molecular complexity index is 1300. The predicted molar refractivity (Wildman–Crippen MR) is 130 cm³/mol. The van der Waals surface area contributed by atoms with Gasteiger partial charge in [-0.3, -0.25) is 4.98 Å². The van der Waals surface area contributed by atoms with Crippen LogP contribution in [-0.4, -0.2) is 30.6 Å². The van der Waals surface area contributed by atoms with Gasteiger partial charge in [0.25, 0.3) is 0 Å². The SMILES string of the molecule is CCOC(=O)c1cnc2c(C(=O)OC)cccc2c1Nc1ccc(OCc2ccccc2)cc1. The molecule has 172 valence electrons. The van der Waals surface area contributed by atoms with Crippen LogP contribution in [0.25, 0.3) is 10.9 Å². The number of hydrogen-bond donors (Lipinski definition) is 1. The van der Waals surface area contributed by atoms with Gasteiger partial charge in [-0.2, -0.15) is 0 Å². The summed E-state index contributed by atoms with van der Waals surface area (Å²) in [5, 5.41) is 3.89. The zero-order valence-corrected chi connectivity index (χ0v) is 18.9. The number of benzene rings is 3. The fourth-order valence-electron chi connectivity index (χ4n) is 3.52. The molecule has 0 bridgehead atoms. The summed E-state index contributed by atoms with van der Waals surface area (Å²) in [5.41, 5.74) is 3.30. The molecule has 0 amide bonds. The number of hydrogen-bond acceptors (Lipinski definition) is 7. The Morgan fingerprint density at radius 3 is 2.35 bits per heavy atom. The molecular weight excluding hydrogens is 432 g/mol. The van der Waals surface area contributed by atoms with Crippen LogP contribution in [-0.2, 0) is 16.1 Å². The standard InChI is InChI=1S/C27H24N2O5/c1-3-33-27(31)23-16-28-24-21(10-7-11-22(24)26(30)32-2)25(23)29-19-12-14-20(15-13-19)34-17-18-8-5-4-6-9-18/h4-16H,3,17H2,1-2H3,(H,28,29). The number of aromatic nitrogens is 1. The number of esters is 2. The molecular formula is C27H24N2O5. The zero-order chi connectivity index (χ0) is 23.9. The summed E-state index contributed by atoms with van der Waals surface area (Å²) in [7, 11) is 1.31. The molecule has 0 aliphatic heterocycles. The zero-order valence-electron chi connectivity index (χ0n) is 18.9. The Balaban J connectivity index is 1.65. The summed E-state index contributed by atoms with van der Waals surface area (Å²) in [5.74, 6) is -0.300. The van der Waals surface area contributed by atoms with Gasteiger partial charge in [-0.1, -0.05) is 42.5 Å². The van der Waals surface area contributed by atoms with E-state index in [-0.39, 0.29) is 12.2 Å². The molecule has 0 unspecified atom stereocenters. The van der Waals surface area contributed by atoms with Gasteiger partial charge in [0.2, 0.25) is 0 Å². The number of carbonyl (C=O) groups is 2. The second-order valence-electron chi connectivity index (χ2n) is 7.38. The number of methoxy groups -OCH3 is 1. The Morgan fingerprint density at radius 1 is 0.882 bits per heavy atom. The molecule has 34 heavy (non-hydrogen) atoms. The predicted octanol–water partition coefficient (Wildman–Crippen LogP) is 5.52. The van der Waals surface area contributed by atoms with Crippen LogP contribution < -0.4 is 10.1 Å². The maximum absolute atomic E-state index is 12.6. The van der Waals surface area contributed by atoms with Gasteiger partial charge in [0.15, 0.2) is 0 Å². The van der Waals surface area contributed by atoms with Gasteiger partial charge in [0, 0.05) is 17.3 Å². The van der Waals surface area contributed by atoms with E-state index in [1.165, 1.54) is 13.3 Å². The van der Waals surface area contributed by atoms with Gasteiger partial charge >= 0.3 is 11.9 Å². The molecule has 1 aromatic heterocycles. The molecule has 7 nitrogen and oxygen atoms in total. The first-order valence-corrected chi connectivity index (χ1v) is 10.8. The van der Waals surface area contributed by atoms with E-state index in [4.69, 9.17) is 14.2 Å². The van der Waals surface area contributed by atoms with Gasteiger partial charge in [-0.25, -0.2) is 9.59 Å². The van der Waals surface area contributed by atoms with E-state index in [2.05, 4.69) is 10.3 Å². The summed E-state index contributed by atoms with van der Waals surface area (Å²) in [6, 6.07) is 22.4. The van der Waals surface area contributed by atoms with Crippen molar-refractivity contribution in [3.8, 4) is 5.75 Å². The summed E-state index contributed by atoms with van der Waals surface area (Å²) in [6.07, 6.45) is 1.41. The van der Waals surface area contributed by atoms with Gasteiger partial charge in [-0.15, -0.1) is 0 Å². The van der Waals surface area contributed by atoms with Crippen molar-refractivity contribution in [1.82, 2.24) is 4.98 Å². The molecule has 0 aliphatic rings. The third-order valence-electron chi connectivity index (χ3n) is 5.17. The van der Waals surface area contributed by atoms with E-state index in [1.54, 1.807) is 25.1 Å². The highest BCUT2D eigenvalue weighted by atomic mass is 16.5. The number of para-hydroxylation sites is 1.